The van der Waals surface area contributed by atoms with Crippen LogP contribution < -0.4 is 5.73 Å². The minimum absolute atomic E-state index is 0.0688. The molecule has 0 spiro atoms. The van der Waals surface area contributed by atoms with Crippen molar-refractivity contribution in [2.24, 2.45) is 5.73 Å². The van der Waals surface area contributed by atoms with E-state index in [9.17, 15) is 9.59 Å². The minimum atomic E-state index is -0.716. The highest BCUT2D eigenvalue weighted by Gasteiger charge is 2.25. The van der Waals surface area contributed by atoms with Gasteiger partial charge in [0.15, 0.2) is 0 Å². The zero-order valence-electron chi connectivity index (χ0n) is 7.66. The molecule has 1 heterocycles. The van der Waals surface area contributed by atoms with Crippen molar-refractivity contribution in [2.45, 2.75) is 18.9 Å². The predicted molar refractivity (Wildman–Crippen MR) is 45.8 cm³/mol. The van der Waals surface area contributed by atoms with Crippen LogP contribution >= 0.6 is 0 Å². The van der Waals surface area contributed by atoms with Crippen LogP contribution in [0, 0.1) is 0 Å². The summed E-state index contributed by atoms with van der Waals surface area (Å²) in [6.45, 7) is 0.967. The fraction of sp³-hybridized carbons (Fsp3) is 0.750. The molecule has 0 bridgehead atoms. The topological polar surface area (TPSA) is 72.6 Å². The molecule has 0 saturated carbocycles. The zero-order chi connectivity index (χ0) is 9.84. The molecule has 5 heteroatoms. The number of amides is 1. The van der Waals surface area contributed by atoms with Gasteiger partial charge >= 0.3 is 5.97 Å². The number of likely N-dealkylation sites (tertiary alicyclic amines) is 1. The highest BCUT2D eigenvalue weighted by molar-refractivity contribution is 5.80. The number of carbonyl (C=O) groups excluding carboxylic acids is 2. The maximum atomic E-state index is 11.1. The molecule has 13 heavy (non-hydrogen) atoms. The van der Waals surface area contributed by atoms with Gasteiger partial charge in [-0.1, -0.05) is 0 Å². The molecule has 1 saturated heterocycles. The summed E-state index contributed by atoms with van der Waals surface area (Å²) in [7, 11) is 1.29. The molecule has 0 aromatic rings. The Bertz CT molecular complexity index is 217. The Kier molecular flexibility index (Phi) is 3.25. The molecule has 5 nitrogen and oxygen atoms in total. The fourth-order valence-electron chi connectivity index (χ4n) is 1.36. The van der Waals surface area contributed by atoms with Gasteiger partial charge in [-0.2, -0.15) is 0 Å². The van der Waals surface area contributed by atoms with E-state index in [2.05, 4.69) is 4.74 Å². The number of ether oxygens (including phenoxy) is 1. The van der Waals surface area contributed by atoms with Gasteiger partial charge in [-0.15, -0.1) is 0 Å². The van der Waals surface area contributed by atoms with Crippen LogP contribution in [0.4, 0.5) is 0 Å². The van der Waals surface area contributed by atoms with Crippen LogP contribution in [0.15, 0.2) is 0 Å². The highest BCUT2D eigenvalue weighted by Crippen LogP contribution is 2.09. The van der Waals surface area contributed by atoms with Gasteiger partial charge in [-0.05, 0) is 6.42 Å². The van der Waals surface area contributed by atoms with Crippen molar-refractivity contribution in [1.82, 2.24) is 4.90 Å². The molecule has 0 aromatic heterocycles. The fourth-order valence-corrected chi connectivity index (χ4v) is 1.36. The SMILES string of the molecule is COC(=O)C(N)CN1CCCC1=O. The van der Waals surface area contributed by atoms with E-state index in [1.54, 1.807) is 4.90 Å². The van der Waals surface area contributed by atoms with E-state index in [0.29, 0.717) is 13.0 Å². The number of rotatable bonds is 3. The lowest BCUT2D eigenvalue weighted by molar-refractivity contribution is -0.143. The summed E-state index contributed by atoms with van der Waals surface area (Å²) in [5, 5.41) is 0. The third-order valence-corrected chi connectivity index (χ3v) is 2.09. The Morgan fingerprint density at radius 1 is 1.77 bits per heavy atom. The smallest absolute Gasteiger partial charge is 0.324 e. The first-order valence-electron chi connectivity index (χ1n) is 4.26. The number of hydrogen-bond acceptors (Lipinski definition) is 4. The lowest BCUT2D eigenvalue weighted by atomic mass is 10.3. The summed E-state index contributed by atoms with van der Waals surface area (Å²) in [6, 6.07) is -0.716. The molecular weight excluding hydrogens is 172 g/mol. The largest absolute Gasteiger partial charge is 0.468 e. The normalized spacial score (nSPS) is 18.9. The first kappa shape index (κ1) is 9.98. The zero-order valence-corrected chi connectivity index (χ0v) is 7.66. The van der Waals surface area contributed by atoms with Crippen molar-refractivity contribution < 1.29 is 14.3 Å². The first-order chi connectivity index (χ1) is 6.15. The van der Waals surface area contributed by atoms with Crippen LogP contribution in [0.25, 0.3) is 0 Å². The second kappa shape index (κ2) is 4.23. The van der Waals surface area contributed by atoms with Gasteiger partial charge in [0.2, 0.25) is 5.91 Å². The van der Waals surface area contributed by atoms with Crippen LogP contribution in [0.2, 0.25) is 0 Å². The Hall–Kier alpha value is -1.10. The van der Waals surface area contributed by atoms with Crippen molar-refractivity contribution in [3.05, 3.63) is 0 Å². The van der Waals surface area contributed by atoms with Crippen LogP contribution in [-0.2, 0) is 14.3 Å². The van der Waals surface area contributed by atoms with Gasteiger partial charge in [0.25, 0.3) is 0 Å². The number of methoxy groups -OCH3 is 1. The number of nitrogens with two attached hydrogens (primary N) is 1. The van der Waals surface area contributed by atoms with E-state index in [4.69, 9.17) is 5.73 Å². The number of esters is 1. The van der Waals surface area contributed by atoms with E-state index in [0.717, 1.165) is 6.42 Å². The molecule has 1 atom stereocenters. The van der Waals surface area contributed by atoms with Crippen LogP contribution in [0.1, 0.15) is 12.8 Å². The lowest BCUT2D eigenvalue weighted by Gasteiger charge is -2.18. The maximum Gasteiger partial charge on any atom is 0.324 e. The Morgan fingerprint density at radius 3 is 2.92 bits per heavy atom. The van der Waals surface area contributed by atoms with Gasteiger partial charge in [0.05, 0.1) is 7.11 Å². The second-order valence-corrected chi connectivity index (χ2v) is 3.07. The number of nitrogens with zero attached hydrogens (tertiary/aromatic N) is 1. The van der Waals surface area contributed by atoms with Crippen molar-refractivity contribution in [1.29, 1.82) is 0 Å². The molecule has 0 aliphatic carbocycles. The molecule has 1 aliphatic rings. The average Bonchev–Trinajstić information content (AvgIpc) is 2.50. The van der Waals surface area contributed by atoms with E-state index in [1.807, 2.05) is 0 Å². The van der Waals surface area contributed by atoms with E-state index in [-0.39, 0.29) is 12.5 Å². The molecule has 1 aliphatic heterocycles. The van der Waals surface area contributed by atoms with Gasteiger partial charge in [0, 0.05) is 19.5 Å². The molecule has 1 rings (SSSR count). The van der Waals surface area contributed by atoms with Crippen molar-refractivity contribution in [3.63, 3.8) is 0 Å². The van der Waals surface area contributed by atoms with E-state index >= 15 is 0 Å². The van der Waals surface area contributed by atoms with Crippen molar-refractivity contribution >= 4 is 11.9 Å². The molecule has 1 amide bonds. The molecule has 0 aromatic carbocycles. The number of carbonyl (C=O) groups is 2. The monoisotopic (exact) mass is 186 g/mol. The standard InChI is InChI=1S/C8H14N2O3/c1-13-8(12)6(9)5-10-4-2-3-7(10)11/h6H,2-5,9H2,1H3. The predicted octanol–water partition coefficient (Wildman–Crippen LogP) is -0.891. The average molecular weight is 186 g/mol. The maximum absolute atomic E-state index is 11.1. The summed E-state index contributed by atoms with van der Waals surface area (Å²) >= 11 is 0. The Morgan fingerprint density at radius 2 is 2.46 bits per heavy atom. The highest BCUT2D eigenvalue weighted by atomic mass is 16.5. The summed E-state index contributed by atoms with van der Waals surface area (Å²) in [5.74, 6) is -0.404. The van der Waals surface area contributed by atoms with E-state index < -0.39 is 12.0 Å². The molecule has 0 radical (unpaired) electrons. The third-order valence-electron chi connectivity index (χ3n) is 2.09. The minimum Gasteiger partial charge on any atom is -0.468 e. The first-order valence-corrected chi connectivity index (χ1v) is 4.26. The summed E-state index contributed by atoms with van der Waals surface area (Å²) < 4.78 is 4.46. The molecule has 1 fully saturated rings. The van der Waals surface area contributed by atoms with Gasteiger partial charge < -0.3 is 15.4 Å². The molecule has 74 valence electrons. The van der Waals surface area contributed by atoms with Crippen LogP contribution in [-0.4, -0.2) is 43.0 Å². The van der Waals surface area contributed by atoms with Gasteiger partial charge in [0.1, 0.15) is 6.04 Å². The summed E-state index contributed by atoms with van der Waals surface area (Å²) in [5.41, 5.74) is 5.50. The Labute approximate surface area is 76.8 Å². The lowest BCUT2D eigenvalue weighted by Crippen LogP contribution is -2.43. The molecule has 2 N–H and O–H groups in total. The third kappa shape index (κ3) is 2.42. The van der Waals surface area contributed by atoms with E-state index in [1.165, 1.54) is 7.11 Å². The van der Waals surface area contributed by atoms with Crippen molar-refractivity contribution in [3.8, 4) is 0 Å². The number of hydrogen-bond donors (Lipinski definition) is 1. The second-order valence-electron chi connectivity index (χ2n) is 3.07. The summed E-state index contributed by atoms with van der Waals surface area (Å²) in [6.07, 6.45) is 1.42. The Balaban J connectivity index is 2.39. The summed E-state index contributed by atoms with van der Waals surface area (Å²) in [4.78, 5) is 23.7. The van der Waals surface area contributed by atoms with Crippen molar-refractivity contribution in [2.75, 3.05) is 20.2 Å². The van der Waals surface area contributed by atoms with Gasteiger partial charge in [-0.3, -0.25) is 9.59 Å². The van der Waals surface area contributed by atoms with Gasteiger partial charge in [-0.25, -0.2) is 0 Å². The quantitative estimate of drug-likeness (QED) is 0.580. The molecular formula is C8H14N2O3. The molecule has 1 unspecified atom stereocenters. The van der Waals surface area contributed by atoms with Crippen LogP contribution in [0.3, 0.4) is 0 Å². The van der Waals surface area contributed by atoms with Crippen LogP contribution in [0.5, 0.6) is 0 Å².